The summed E-state index contributed by atoms with van der Waals surface area (Å²) in [5.74, 6) is 0. The predicted octanol–water partition coefficient (Wildman–Crippen LogP) is 3.43. The maximum Gasteiger partial charge on any atom is 0.410 e. The maximum absolute atomic E-state index is 12.4. The average molecular weight is 386 g/mol. The molecule has 0 aromatic heterocycles. The van der Waals surface area contributed by atoms with Crippen molar-refractivity contribution in [3.63, 3.8) is 0 Å². The zero-order valence-electron chi connectivity index (χ0n) is 14.8. The van der Waals surface area contributed by atoms with Gasteiger partial charge in [-0.3, -0.25) is 0 Å². The molecule has 130 valence electrons. The molecule has 2 heterocycles. The average Bonchev–Trinajstić information content (AvgIpc) is 2.94. The molecule has 0 spiro atoms. The Kier molecular flexibility index (Phi) is 5.79. The van der Waals surface area contributed by atoms with Crippen molar-refractivity contribution < 1.29 is 9.53 Å². The van der Waals surface area contributed by atoms with Crippen molar-refractivity contribution in [2.24, 2.45) is 0 Å². The van der Waals surface area contributed by atoms with E-state index in [1.54, 1.807) is 0 Å². The summed E-state index contributed by atoms with van der Waals surface area (Å²) in [6.07, 6.45) is 2.85. The lowest BCUT2D eigenvalue weighted by Crippen LogP contribution is -2.44. The zero-order chi connectivity index (χ0) is 17.2. The van der Waals surface area contributed by atoms with Crippen molar-refractivity contribution >= 4 is 22.0 Å². The van der Waals surface area contributed by atoms with E-state index < -0.39 is 5.60 Å². The molecule has 0 saturated carbocycles. The van der Waals surface area contributed by atoms with Crippen LogP contribution in [0.5, 0.6) is 0 Å². The molecule has 23 heavy (non-hydrogen) atoms. The van der Waals surface area contributed by atoms with E-state index in [4.69, 9.17) is 4.74 Å². The van der Waals surface area contributed by atoms with Crippen LogP contribution in [0.2, 0.25) is 0 Å². The second-order valence-corrected chi connectivity index (χ2v) is 7.84. The molecule has 0 atom stereocenters. The number of ether oxygens (including phenoxy) is 1. The first kappa shape index (κ1) is 18.3. The lowest BCUT2D eigenvalue weighted by atomic mass is 9.98. The van der Waals surface area contributed by atoms with Crippen molar-refractivity contribution in [3.8, 4) is 0 Å². The summed E-state index contributed by atoms with van der Waals surface area (Å²) in [4.78, 5) is 14.2. The molecule has 0 saturated heterocycles. The molecule has 6 heteroatoms. The summed E-state index contributed by atoms with van der Waals surface area (Å²) in [6.45, 7) is 12.2. The lowest BCUT2D eigenvalue weighted by Gasteiger charge is -2.36. The Balaban J connectivity index is 2.19. The van der Waals surface area contributed by atoms with Gasteiger partial charge in [0.05, 0.1) is 12.2 Å². The highest BCUT2D eigenvalue weighted by Crippen LogP contribution is 2.30. The Morgan fingerprint density at radius 1 is 1.43 bits per heavy atom. The number of halogens is 1. The van der Waals surface area contributed by atoms with Gasteiger partial charge in [0.1, 0.15) is 5.60 Å². The predicted molar refractivity (Wildman–Crippen MR) is 96.3 cm³/mol. The van der Waals surface area contributed by atoms with Crippen LogP contribution in [0.3, 0.4) is 0 Å². The van der Waals surface area contributed by atoms with Gasteiger partial charge in [0.2, 0.25) is 0 Å². The van der Waals surface area contributed by atoms with Gasteiger partial charge in [0, 0.05) is 24.5 Å². The van der Waals surface area contributed by atoms with Crippen LogP contribution in [-0.2, 0) is 4.74 Å². The Hall–Kier alpha value is -1.01. The summed E-state index contributed by atoms with van der Waals surface area (Å²) in [7, 11) is 0. The van der Waals surface area contributed by atoms with E-state index in [-0.39, 0.29) is 6.09 Å². The Labute approximate surface area is 147 Å². The number of hydrogen-bond acceptors (Lipinski definition) is 4. The highest BCUT2D eigenvalue weighted by molar-refractivity contribution is 9.09. The Morgan fingerprint density at radius 2 is 2.13 bits per heavy atom. The molecular formula is C17H28BrN3O2. The topological polar surface area (TPSA) is 44.8 Å². The molecule has 5 nitrogen and oxygen atoms in total. The van der Waals surface area contributed by atoms with Gasteiger partial charge in [-0.2, -0.15) is 0 Å². The second kappa shape index (κ2) is 7.26. The maximum atomic E-state index is 12.4. The minimum atomic E-state index is -0.463. The number of carbonyl (C=O) groups is 1. The number of hydrogen-bond donors (Lipinski definition) is 1. The third-order valence-electron chi connectivity index (χ3n) is 3.91. The Bertz CT molecular complexity index is 520. The van der Waals surface area contributed by atoms with Crippen LogP contribution in [0, 0.1) is 0 Å². The van der Waals surface area contributed by atoms with Crippen molar-refractivity contribution in [2.45, 2.75) is 52.7 Å². The fraction of sp³-hybridized carbons (Fsp3) is 0.706. The minimum absolute atomic E-state index is 0.230. The van der Waals surface area contributed by atoms with Gasteiger partial charge in [-0.15, -0.1) is 0 Å². The third kappa shape index (κ3) is 4.51. The lowest BCUT2D eigenvalue weighted by molar-refractivity contribution is 0.0258. The molecule has 0 aliphatic carbocycles. The first-order valence-corrected chi connectivity index (χ1v) is 9.33. The molecule has 0 radical (unpaired) electrons. The van der Waals surface area contributed by atoms with Gasteiger partial charge >= 0.3 is 6.09 Å². The normalized spacial score (nSPS) is 19.5. The summed E-state index contributed by atoms with van der Waals surface area (Å²) < 4.78 is 5.54. The molecule has 1 N–H and O–H groups in total. The van der Waals surface area contributed by atoms with E-state index in [1.807, 2.05) is 25.7 Å². The summed E-state index contributed by atoms with van der Waals surface area (Å²) in [5, 5.41) is 3.03. The number of nitrogens with zero attached hydrogens (tertiary/aromatic N) is 2. The SMILES string of the molecule is CC(C)N1NCC=C1C1=C(CBr)CCN(C(=O)OC(C)(C)C)C1. The highest BCUT2D eigenvalue weighted by Gasteiger charge is 2.31. The van der Waals surface area contributed by atoms with Crippen molar-refractivity contribution in [1.29, 1.82) is 0 Å². The summed E-state index contributed by atoms with van der Waals surface area (Å²) >= 11 is 3.60. The van der Waals surface area contributed by atoms with Crippen LogP contribution in [0.4, 0.5) is 4.79 Å². The largest absolute Gasteiger partial charge is 0.444 e. The molecule has 2 aliphatic heterocycles. The molecule has 2 rings (SSSR count). The molecular weight excluding hydrogens is 358 g/mol. The van der Waals surface area contributed by atoms with Crippen LogP contribution < -0.4 is 5.43 Å². The second-order valence-electron chi connectivity index (χ2n) is 7.28. The van der Waals surface area contributed by atoms with Crippen molar-refractivity contribution in [1.82, 2.24) is 15.3 Å². The number of nitrogens with one attached hydrogen (secondary N) is 1. The van der Waals surface area contributed by atoms with Gasteiger partial charge in [0.15, 0.2) is 0 Å². The van der Waals surface area contributed by atoms with E-state index in [0.29, 0.717) is 19.1 Å². The fourth-order valence-corrected chi connectivity index (χ4v) is 3.47. The van der Waals surface area contributed by atoms with E-state index in [0.717, 1.165) is 18.3 Å². The van der Waals surface area contributed by atoms with Gasteiger partial charge in [-0.25, -0.2) is 10.2 Å². The number of amides is 1. The molecule has 0 aromatic rings. The number of hydrazine groups is 1. The van der Waals surface area contributed by atoms with Crippen molar-refractivity contribution in [3.05, 3.63) is 22.9 Å². The van der Waals surface area contributed by atoms with Gasteiger partial charge in [-0.1, -0.05) is 21.5 Å². The molecule has 0 fully saturated rings. The number of carbonyl (C=O) groups excluding carboxylic acids is 1. The van der Waals surface area contributed by atoms with Crippen LogP contribution in [-0.4, -0.2) is 52.6 Å². The summed E-state index contributed by atoms with van der Waals surface area (Å²) in [6, 6.07) is 0.365. The van der Waals surface area contributed by atoms with Crippen LogP contribution in [0.15, 0.2) is 22.9 Å². The Morgan fingerprint density at radius 3 is 2.70 bits per heavy atom. The van der Waals surface area contributed by atoms with Crippen LogP contribution in [0.1, 0.15) is 41.0 Å². The molecule has 0 unspecified atom stereocenters. The summed E-state index contributed by atoms with van der Waals surface area (Å²) in [5.41, 5.74) is 6.72. The number of rotatable bonds is 3. The first-order chi connectivity index (χ1) is 10.7. The van der Waals surface area contributed by atoms with Gasteiger partial charge in [-0.05, 0) is 52.7 Å². The highest BCUT2D eigenvalue weighted by atomic mass is 79.9. The van der Waals surface area contributed by atoms with E-state index in [9.17, 15) is 4.79 Å². The van der Waals surface area contributed by atoms with Crippen molar-refractivity contribution in [2.75, 3.05) is 25.0 Å². The van der Waals surface area contributed by atoms with E-state index >= 15 is 0 Å². The first-order valence-electron chi connectivity index (χ1n) is 8.21. The molecule has 0 bridgehead atoms. The molecule has 1 amide bonds. The van der Waals surface area contributed by atoms with Crippen LogP contribution in [0.25, 0.3) is 0 Å². The third-order valence-corrected chi connectivity index (χ3v) is 4.59. The van der Waals surface area contributed by atoms with Gasteiger partial charge in [0.25, 0.3) is 0 Å². The fourth-order valence-electron chi connectivity index (χ4n) is 2.85. The minimum Gasteiger partial charge on any atom is -0.444 e. The zero-order valence-corrected chi connectivity index (χ0v) is 16.4. The van der Waals surface area contributed by atoms with E-state index in [2.05, 4.69) is 46.3 Å². The van der Waals surface area contributed by atoms with E-state index in [1.165, 1.54) is 16.8 Å². The molecule has 2 aliphatic rings. The number of alkyl halides is 1. The van der Waals surface area contributed by atoms with Crippen LogP contribution >= 0.6 is 15.9 Å². The molecule has 0 aromatic carbocycles. The van der Waals surface area contributed by atoms with Gasteiger partial charge < -0.3 is 14.6 Å². The quantitative estimate of drug-likeness (QED) is 0.755. The smallest absolute Gasteiger partial charge is 0.410 e. The standard InChI is InChI=1S/C17H28BrN3O2/c1-12(2)21-15(6-8-19-21)14-11-20(9-7-13(14)10-18)16(22)23-17(3,4)5/h6,12,19H,7-11H2,1-5H3. The monoisotopic (exact) mass is 385 g/mol.